The number of methoxy groups -OCH3 is 1. The van der Waals surface area contributed by atoms with Crippen molar-refractivity contribution in [2.45, 2.75) is 44.2 Å². The van der Waals surface area contributed by atoms with Crippen LogP contribution in [0, 0.1) is 6.92 Å². The average molecular weight is 506 g/mol. The molecule has 0 aromatic heterocycles. The van der Waals surface area contributed by atoms with Gasteiger partial charge in [0.25, 0.3) is 0 Å². The number of guanidine groups is 1. The third-order valence-corrected chi connectivity index (χ3v) is 5.60. The highest BCUT2D eigenvalue weighted by Gasteiger charge is 2.23. The maximum atomic E-state index is 5.23. The number of benzene rings is 1. The summed E-state index contributed by atoms with van der Waals surface area (Å²) in [6.45, 7) is 9.72. The molecule has 1 aromatic rings. The van der Waals surface area contributed by atoms with Crippen molar-refractivity contribution in [3.63, 3.8) is 0 Å². The third-order valence-electron chi connectivity index (χ3n) is 4.78. The molecule has 0 spiro atoms. The second-order valence-corrected chi connectivity index (χ2v) is 7.56. The van der Waals surface area contributed by atoms with Crippen LogP contribution in [0.1, 0.15) is 30.9 Å². The van der Waals surface area contributed by atoms with E-state index in [4.69, 9.17) is 9.73 Å². The summed E-state index contributed by atoms with van der Waals surface area (Å²) >= 11 is 1.79. The fourth-order valence-corrected chi connectivity index (χ4v) is 4.03. The third kappa shape index (κ3) is 8.17. The molecule has 27 heavy (non-hydrogen) atoms. The number of nitrogens with one attached hydrogen (secondary N) is 2. The van der Waals surface area contributed by atoms with Crippen molar-refractivity contribution < 1.29 is 4.74 Å². The van der Waals surface area contributed by atoms with Crippen molar-refractivity contribution in [2.75, 3.05) is 46.2 Å². The number of rotatable bonds is 9. The Morgan fingerprint density at radius 1 is 1.37 bits per heavy atom. The summed E-state index contributed by atoms with van der Waals surface area (Å²) in [5.41, 5.74) is 2.58. The lowest BCUT2D eigenvalue weighted by Crippen LogP contribution is -2.45. The molecule has 0 bridgehead atoms. The number of thioether (sulfide) groups is 1. The molecule has 2 rings (SSSR count). The Bertz CT molecular complexity index is 585. The maximum absolute atomic E-state index is 5.23. The van der Waals surface area contributed by atoms with E-state index in [1.807, 2.05) is 0 Å². The van der Waals surface area contributed by atoms with Gasteiger partial charge in [-0.25, -0.2) is 4.99 Å². The van der Waals surface area contributed by atoms with Crippen LogP contribution >= 0.6 is 35.7 Å². The molecule has 0 saturated carbocycles. The summed E-state index contributed by atoms with van der Waals surface area (Å²) in [6.07, 6.45) is 4.63. The van der Waals surface area contributed by atoms with Crippen LogP contribution in [0.4, 0.5) is 0 Å². The van der Waals surface area contributed by atoms with Crippen molar-refractivity contribution in [3.05, 3.63) is 29.3 Å². The molecule has 1 saturated heterocycles. The SMILES string of the molecule is CCNC(=NCc1ccc(C)cc1SC)NCC1CCCN1CCOC.I. The molecule has 7 heteroatoms. The van der Waals surface area contributed by atoms with Gasteiger partial charge in [-0.1, -0.05) is 12.1 Å². The van der Waals surface area contributed by atoms with Crippen molar-refractivity contribution in [3.8, 4) is 0 Å². The standard InChI is InChI=1S/C20H34N4OS.HI/c1-5-21-20(22-14-17-9-8-16(2)13-19(17)26-4)23-15-18-7-6-10-24(18)11-12-25-3;/h8-9,13,18H,5-7,10-12,14-15H2,1-4H3,(H2,21,22,23);1H. The van der Waals surface area contributed by atoms with Gasteiger partial charge in [0.05, 0.1) is 13.2 Å². The minimum atomic E-state index is 0. The molecule has 1 aliphatic rings. The fourth-order valence-electron chi connectivity index (χ4n) is 3.33. The highest BCUT2D eigenvalue weighted by molar-refractivity contribution is 14.0. The van der Waals surface area contributed by atoms with E-state index < -0.39 is 0 Å². The molecule has 1 unspecified atom stereocenters. The largest absolute Gasteiger partial charge is 0.383 e. The van der Waals surface area contributed by atoms with E-state index in [2.05, 4.69) is 53.8 Å². The van der Waals surface area contributed by atoms with Gasteiger partial charge in [-0.05, 0) is 56.7 Å². The highest BCUT2D eigenvalue weighted by atomic mass is 127. The molecule has 0 amide bonds. The summed E-state index contributed by atoms with van der Waals surface area (Å²) in [7, 11) is 1.77. The molecule has 0 aliphatic carbocycles. The summed E-state index contributed by atoms with van der Waals surface area (Å²) in [6, 6.07) is 7.16. The first-order valence-electron chi connectivity index (χ1n) is 9.56. The zero-order valence-electron chi connectivity index (χ0n) is 17.1. The van der Waals surface area contributed by atoms with E-state index >= 15 is 0 Å². The molecule has 1 fully saturated rings. The quantitative estimate of drug-likeness (QED) is 0.233. The number of likely N-dealkylation sites (tertiary alicyclic amines) is 1. The van der Waals surface area contributed by atoms with Crippen molar-refractivity contribution in [1.82, 2.24) is 15.5 Å². The number of aryl methyl sites for hydroxylation is 1. The summed E-state index contributed by atoms with van der Waals surface area (Å²) < 4.78 is 5.23. The average Bonchev–Trinajstić information content (AvgIpc) is 3.10. The highest BCUT2D eigenvalue weighted by Crippen LogP contribution is 2.22. The first-order valence-corrected chi connectivity index (χ1v) is 10.8. The van der Waals surface area contributed by atoms with E-state index in [1.54, 1.807) is 18.9 Å². The van der Waals surface area contributed by atoms with Gasteiger partial charge in [0, 0.05) is 37.7 Å². The Labute approximate surface area is 186 Å². The van der Waals surface area contributed by atoms with Crippen LogP contribution in [-0.4, -0.2) is 63.1 Å². The molecule has 1 aromatic carbocycles. The minimum absolute atomic E-state index is 0. The number of hydrogen-bond acceptors (Lipinski definition) is 4. The van der Waals surface area contributed by atoms with Crippen LogP contribution in [0.2, 0.25) is 0 Å². The second-order valence-electron chi connectivity index (χ2n) is 6.72. The first-order chi connectivity index (χ1) is 12.7. The lowest BCUT2D eigenvalue weighted by atomic mass is 10.1. The maximum Gasteiger partial charge on any atom is 0.191 e. The van der Waals surface area contributed by atoms with E-state index in [0.29, 0.717) is 12.6 Å². The summed E-state index contributed by atoms with van der Waals surface area (Å²) in [5, 5.41) is 6.91. The van der Waals surface area contributed by atoms with E-state index in [1.165, 1.54) is 35.4 Å². The molecule has 0 radical (unpaired) electrons. The van der Waals surface area contributed by atoms with E-state index in [0.717, 1.165) is 32.2 Å². The zero-order chi connectivity index (χ0) is 18.8. The smallest absolute Gasteiger partial charge is 0.191 e. The summed E-state index contributed by atoms with van der Waals surface area (Å²) in [4.78, 5) is 8.64. The van der Waals surface area contributed by atoms with Crippen LogP contribution in [-0.2, 0) is 11.3 Å². The molecule has 1 atom stereocenters. The lowest BCUT2D eigenvalue weighted by molar-refractivity contribution is 0.141. The fraction of sp³-hybridized carbons (Fsp3) is 0.650. The Morgan fingerprint density at radius 2 is 2.19 bits per heavy atom. The van der Waals surface area contributed by atoms with E-state index in [9.17, 15) is 0 Å². The van der Waals surface area contributed by atoms with Crippen molar-refractivity contribution in [1.29, 1.82) is 0 Å². The number of halogens is 1. The first kappa shape index (κ1) is 24.5. The predicted octanol–water partition coefficient (Wildman–Crippen LogP) is 3.50. The Morgan fingerprint density at radius 3 is 2.89 bits per heavy atom. The second kappa shape index (κ2) is 13.6. The van der Waals surface area contributed by atoms with Gasteiger partial charge in [0.15, 0.2) is 5.96 Å². The predicted molar refractivity (Wildman–Crippen MR) is 128 cm³/mol. The van der Waals surface area contributed by atoms with Gasteiger partial charge in [0.2, 0.25) is 0 Å². The summed E-state index contributed by atoms with van der Waals surface area (Å²) in [5.74, 6) is 0.902. The van der Waals surface area contributed by atoms with Crippen LogP contribution in [0.3, 0.4) is 0 Å². The van der Waals surface area contributed by atoms with Gasteiger partial charge in [-0.2, -0.15) is 0 Å². The van der Waals surface area contributed by atoms with E-state index in [-0.39, 0.29) is 24.0 Å². The van der Waals surface area contributed by atoms with Crippen molar-refractivity contribution >= 4 is 41.7 Å². The van der Waals surface area contributed by atoms with Crippen LogP contribution in [0.25, 0.3) is 0 Å². The van der Waals surface area contributed by atoms with Crippen LogP contribution in [0.5, 0.6) is 0 Å². The van der Waals surface area contributed by atoms with Gasteiger partial charge in [-0.15, -0.1) is 35.7 Å². The number of hydrogen-bond donors (Lipinski definition) is 2. The topological polar surface area (TPSA) is 48.9 Å². The van der Waals surface area contributed by atoms with Crippen LogP contribution in [0.15, 0.2) is 28.1 Å². The minimum Gasteiger partial charge on any atom is -0.383 e. The zero-order valence-corrected chi connectivity index (χ0v) is 20.2. The molecule has 1 heterocycles. The molecular weight excluding hydrogens is 471 g/mol. The van der Waals surface area contributed by atoms with Crippen LogP contribution < -0.4 is 10.6 Å². The normalized spacial score (nSPS) is 17.6. The van der Waals surface area contributed by atoms with Crippen molar-refractivity contribution in [2.24, 2.45) is 4.99 Å². The van der Waals surface area contributed by atoms with Gasteiger partial charge in [-0.3, -0.25) is 4.90 Å². The Kier molecular flexibility index (Phi) is 12.4. The monoisotopic (exact) mass is 506 g/mol. The van der Waals surface area contributed by atoms with Gasteiger partial charge >= 0.3 is 0 Å². The number of nitrogens with zero attached hydrogens (tertiary/aromatic N) is 2. The lowest BCUT2D eigenvalue weighted by Gasteiger charge is -2.25. The molecule has 1 aliphatic heterocycles. The van der Waals surface area contributed by atoms with Gasteiger partial charge in [0.1, 0.15) is 0 Å². The Hall–Kier alpha value is -0.510. The van der Waals surface area contributed by atoms with Gasteiger partial charge < -0.3 is 15.4 Å². The Balaban J connectivity index is 0.00000364. The molecular formula is C20H35IN4OS. The number of aliphatic imine (C=N–C) groups is 1. The molecule has 2 N–H and O–H groups in total. The molecule has 5 nitrogen and oxygen atoms in total. The number of ether oxygens (including phenoxy) is 1. The molecule has 154 valence electrons.